The summed E-state index contributed by atoms with van der Waals surface area (Å²) in [7, 11) is 0. The summed E-state index contributed by atoms with van der Waals surface area (Å²) in [6.45, 7) is 0. The van der Waals surface area contributed by atoms with Gasteiger partial charge in [0.1, 0.15) is 0 Å². The number of urea groups is 1. The van der Waals surface area contributed by atoms with Crippen LogP contribution in [0.25, 0.3) is 0 Å². The molecule has 1 rings (SSSR count). The Morgan fingerprint density at radius 1 is 1.40 bits per heavy atom. The lowest BCUT2D eigenvalue weighted by atomic mass is 10.4. The average Bonchev–Trinajstić information content (AvgIpc) is 2.15. The summed E-state index contributed by atoms with van der Waals surface area (Å²) in [5.74, 6) is -0.334. The van der Waals surface area contributed by atoms with Gasteiger partial charge in [-0.05, 0) is 12.1 Å². The van der Waals surface area contributed by atoms with Gasteiger partial charge in [0.2, 0.25) is 5.91 Å². The SMILES string of the molecule is NC(=O)NC(=O)CSc1ccccc1Cl. The molecule has 1 aromatic rings. The standard InChI is InChI=1S/C9H9ClN2O2S/c10-6-3-1-2-4-7(6)15-5-8(13)12-9(11)14/h1-4H,5H2,(H3,11,12,13,14). The molecule has 0 unspecified atom stereocenters. The van der Waals surface area contributed by atoms with Crippen molar-refractivity contribution in [1.29, 1.82) is 0 Å². The van der Waals surface area contributed by atoms with E-state index >= 15 is 0 Å². The minimum absolute atomic E-state index is 0.104. The molecule has 80 valence electrons. The average molecular weight is 245 g/mol. The highest BCUT2D eigenvalue weighted by Gasteiger charge is 2.06. The van der Waals surface area contributed by atoms with Crippen LogP contribution in [-0.4, -0.2) is 17.7 Å². The number of nitrogens with two attached hydrogens (primary N) is 1. The lowest BCUT2D eigenvalue weighted by Crippen LogP contribution is -2.36. The number of primary amides is 1. The van der Waals surface area contributed by atoms with Crippen LogP contribution >= 0.6 is 23.4 Å². The van der Waals surface area contributed by atoms with Crippen molar-refractivity contribution in [2.24, 2.45) is 5.73 Å². The summed E-state index contributed by atoms with van der Waals surface area (Å²) in [5.41, 5.74) is 4.79. The van der Waals surface area contributed by atoms with E-state index in [1.54, 1.807) is 18.2 Å². The summed E-state index contributed by atoms with van der Waals surface area (Å²) >= 11 is 7.11. The van der Waals surface area contributed by atoms with Crippen LogP contribution in [0.4, 0.5) is 4.79 Å². The van der Waals surface area contributed by atoms with Crippen molar-refractivity contribution in [1.82, 2.24) is 5.32 Å². The van der Waals surface area contributed by atoms with Crippen LogP contribution in [0.1, 0.15) is 0 Å². The third-order valence-corrected chi connectivity index (χ3v) is 2.97. The number of halogens is 1. The number of carbonyl (C=O) groups is 2. The topological polar surface area (TPSA) is 72.2 Å². The molecule has 0 aliphatic carbocycles. The second-order valence-electron chi connectivity index (χ2n) is 2.63. The Kier molecular flexibility index (Phi) is 4.45. The summed E-state index contributed by atoms with van der Waals surface area (Å²) in [6.07, 6.45) is 0. The Balaban J connectivity index is 2.47. The number of rotatable bonds is 3. The molecule has 15 heavy (non-hydrogen) atoms. The Morgan fingerprint density at radius 2 is 2.07 bits per heavy atom. The van der Waals surface area contributed by atoms with Crippen LogP contribution in [-0.2, 0) is 4.79 Å². The molecule has 4 nitrogen and oxygen atoms in total. The predicted octanol–water partition coefficient (Wildman–Crippen LogP) is 1.63. The number of benzene rings is 1. The lowest BCUT2D eigenvalue weighted by molar-refractivity contribution is -0.117. The highest BCUT2D eigenvalue weighted by molar-refractivity contribution is 8.00. The van der Waals surface area contributed by atoms with Crippen molar-refractivity contribution >= 4 is 35.3 Å². The van der Waals surface area contributed by atoms with Gasteiger partial charge in [0, 0.05) is 4.90 Å². The minimum Gasteiger partial charge on any atom is -0.351 e. The molecule has 3 amide bonds. The van der Waals surface area contributed by atoms with E-state index in [1.807, 2.05) is 11.4 Å². The maximum Gasteiger partial charge on any atom is 0.318 e. The second-order valence-corrected chi connectivity index (χ2v) is 4.06. The van der Waals surface area contributed by atoms with E-state index < -0.39 is 11.9 Å². The first kappa shape index (κ1) is 11.9. The van der Waals surface area contributed by atoms with E-state index in [2.05, 4.69) is 0 Å². The van der Waals surface area contributed by atoms with Gasteiger partial charge in [-0.1, -0.05) is 23.7 Å². The van der Waals surface area contributed by atoms with Crippen LogP contribution in [0.15, 0.2) is 29.2 Å². The molecule has 0 radical (unpaired) electrons. The maximum absolute atomic E-state index is 11.1. The van der Waals surface area contributed by atoms with E-state index in [0.717, 1.165) is 4.90 Å². The molecular formula is C9H9ClN2O2S. The van der Waals surface area contributed by atoms with E-state index in [4.69, 9.17) is 17.3 Å². The van der Waals surface area contributed by atoms with Crippen LogP contribution in [0.2, 0.25) is 5.02 Å². The van der Waals surface area contributed by atoms with E-state index in [0.29, 0.717) is 5.02 Å². The van der Waals surface area contributed by atoms with Crippen molar-refractivity contribution in [3.63, 3.8) is 0 Å². The largest absolute Gasteiger partial charge is 0.351 e. The fourth-order valence-corrected chi connectivity index (χ4v) is 1.92. The first-order chi connectivity index (χ1) is 7.09. The molecule has 0 heterocycles. The third kappa shape index (κ3) is 4.22. The molecule has 0 saturated heterocycles. The van der Waals surface area contributed by atoms with Gasteiger partial charge in [-0.3, -0.25) is 10.1 Å². The number of thioether (sulfide) groups is 1. The van der Waals surface area contributed by atoms with Crippen molar-refractivity contribution in [3.8, 4) is 0 Å². The highest BCUT2D eigenvalue weighted by atomic mass is 35.5. The smallest absolute Gasteiger partial charge is 0.318 e. The van der Waals surface area contributed by atoms with Gasteiger partial charge in [0.15, 0.2) is 0 Å². The molecule has 0 aliphatic heterocycles. The van der Waals surface area contributed by atoms with Gasteiger partial charge in [-0.2, -0.15) is 0 Å². The first-order valence-corrected chi connectivity index (χ1v) is 5.42. The number of amides is 3. The quantitative estimate of drug-likeness (QED) is 0.794. The summed E-state index contributed by atoms with van der Waals surface area (Å²) < 4.78 is 0. The Labute approximate surface area is 96.2 Å². The van der Waals surface area contributed by atoms with Gasteiger partial charge in [0.05, 0.1) is 10.8 Å². The van der Waals surface area contributed by atoms with E-state index in [1.165, 1.54) is 11.8 Å². The number of carbonyl (C=O) groups excluding carboxylic acids is 2. The zero-order chi connectivity index (χ0) is 11.3. The zero-order valence-corrected chi connectivity index (χ0v) is 9.27. The molecule has 0 aromatic heterocycles. The highest BCUT2D eigenvalue weighted by Crippen LogP contribution is 2.25. The molecule has 0 bridgehead atoms. The molecule has 0 atom stereocenters. The number of imide groups is 1. The molecule has 6 heteroatoms. The minimum atomic E-state index is -0.847. The van der Waals surface area contributed by atoms with E-state index in [9.17, 15) is 9.59 Å². The van der Waals surface area contributed by atoms with Gasteiger partial charge < -0.3 is 5.73 Å². The second kappa shape index (κ2) is 5.63. The molecular weight excluding hydrogens is 236 g/mol. The first-order valence-electron chi connectivity index (χ1n) is 4.06. The molecule has 3 N–H and O–H groups in total. The Hall–Kier alpha value is -1.20. The maximum atomic E-state index is 11.1. The third-order valence-electron chi connectivity index (χ3n) is 1.46. The number of hydrogen-bond acceptors (Lipinski definition) is 3. The van der Waals surface area contributed by atoms with Gasteiger partial charge in [-0.25, -0.2) is 4.79 Å². The van der Waals surface area contributed by atoms with Crippen molar-refractivity contribution in [2.45, 2.75) is 4.90 Å². The molecule has 0 saturated carbocycles. The summed E-state index contributed by atoms with van der Waals surface area (Å²) in [5, 5.41) is 2.55. The monoisotopic (exact) mass is 244 g/mol. The predicted molar refractivity (Wildman–Crippen MR) is 59.9 cm³/mol. The van der Waals surface area contributed by atoms with Crippen LogP contribution in [0.5, 0.6) is 0 Å². The fourth-order valence-electron chi connectivity index (χ4n) is 0.879. The van der Waals surface area contributed by atoms with Gasteiger partial charge >= 0.3 is 6.03 Å². The van der Waals surface area contributed by atoms with Gasteiger partial charge in [0.25, 0.3) is 0 Å². The van der Waals surface area contributed by atoms with E-state index in [-0.39, 0.29) is 5.75 Å². The van der Waals surface area contributed by atoms with Crippen LogP contribution in [0.3, 0.4) is 0 Å². The Morgan fingerprint density at radius 3 is 2.67 bits per heavy atom. The van der Waals surface area contributed by atoms with Crippen molar-refractivity contribution < 1.29 is 9.59 Å². The zero-order valence-electron chi connectivity index (χ0n) is 7.70. The van der Waals surface area contributed by atoms with Crippen molar-refractivity contribution in [3.05, 3.63) is 29.3 Å². The van der Waals surface area contributed by atoms with Crippen molar-refractivity contribution in [2.75, 3.05) is 5.75 Å². The summed E-state index contributed by atoms with van der Waals surface area (Å²) in [6, 6.07) is 6.30. The number of hydrogen-bond donors (Lipinski definition) is 2. The molecule has 0 spiro atoms. The lowest BCUT2D eigenvalue weighted by Gasteiger charge is -2.02. The molecule has 0 fully saturated rings. The molecule has 0 aliphatic rings. The van der Waals surface area contributed by atoms with Crippen LogP contribution in [0, 0.1) is 0 Å². The van der Waals surface area contributed by atoms with Gasteiger partial charge in [-0.15, -0.1) is 11.8 Å². The fraction of sp³-hybridized carbons (Fsp3) is 0.111. The number of nitrogens with one attached hydrogen (secondary N) is 1. The summed E-state index contributed by atoms with van der Waals surface area (Å²) in [4.78, 5) is 22.2. The van der Waals surface area contributed by atoms with Crippen LogP contribution < -0.4 is 11.1 Å². The molecule has 1 aromatic carbocycles. The normalized spacial score (nSPS) is 9.67. The Bertz CT molecular complexity index is 384.